The van der Waals surface area contributed by atoms with Crippen molar-refractivity contribution >= 4 is 16.0 Å². The van der Waals surface area contributed by atoms with Gasteiger partial charge in [-0.05, 0) is 56.4 Å². The highest BCUT2D eigenvalue weighted by Crippen LogP contribution is 2.26. The predicted molar refractivity (Wildman–Crippen MR) is 79.6 cm³/mol. The van der Waals surface area contributed by atoms with Crippen LogP contribution in [0.4, 0.5) is 0 Å². The Balaban J connectivity index is 2.09. The number of carbonyl (C=O) groups is 1. The van der Waals surface area contributed by atoms with Gasteiger partial charge in [-0.15, -0.1) is 0 Å². The van der Waals surface area contributed by atoms with Crippen LogP contribution in [0.15, 0.2) is 23.1 Å². The number of nitrogens with one attached hydrogen (secondary N) is 1. The van der Waals surface area contributed by atoms with Crippen molar-refractivity contribution in [1.82, 2.24) is 4.72 Å². The van der Waals surface area contributed by atoms with E-state index in [9.17, 15) is 13.2 Å². The summed E-state index contributed by atoms with van der Waals surface area (Å²) in [6.07, 6.45) is 2.00. The van der Waals surface area contributed by atoms with E-state index in [4.69, 9.17) is 10.4 Å². The molecule has 0 radical (unpaired) electrons. The number of carboxylic acids is 1. The van der Waals surface area contributed by atoms with E-state index in [1.54, 1.807) is 6.92 Å². The van der Waals surface area contributed by atoms with Gasteiger partial charge in [-0.2, -0.15) is 5.26 Å². The number of rotatable bonds is 4. The number of nitrogens with zero attached hydrogens (tertiary/aromatic N) is 1. The smallest absolute Gasteiger partial charge is 0.306 e. The summed E-state index contributed by atoms with van der Waals surface area (Å²) in [5, 5.41) is 17.8. The monoisotopic (exact) mass is 322 g/mol. The van der Waals surface area contributed by atoms with Crippen molar-refractivity contribution < 1.29 is 18.3 Å². The summed E-state index contributed by atoms with van der Waals surface area (Å²) in [4.78, 5) is 11.1. The van der Waals surface area contributed by atoms with Crippen LogP contribution in [0.2, 0.25) is 0 Å². The third-order valence-corrected chi connectivity index (χ3v) is 5.67. The molecule has 1 aromatic rings. The second-order valence-corrected chi connectivity index (χ2v) is 7.28. The zero-order valence-electron chi connectivity index (χ0n) is 12.2. The summed E-state index contributed by atoms with van der Waals surface area (Å²) in [5.74, 6) is -1.19. The minimum Gasteiger partial charge on any atom is -0.481 e. The minimum atomic E-state index is -3.66. The molecule has 1 aliphatic carbocycles. The minimum absolute atomic E-state index is 0.159. The molecule has 6 nitrogen and oxygen atoms in total. The van der Waals surface area contributed by atoms with Crippen molar-refractivity contribution in [2.24, 2.45) is 5.92 Å². The molecule has 2 N–H and O–H groups in total. The third kappa shape index (κ3) is 3.64. The molecule has 1 saturated carbocycles. The molecule has 0 unspecified atom stereocenters. The molecule has 0 aliphatic heterocycles. The second kappa shape index (κ2) is 6.46. The molecule has 0 bridgehead atoms. The highest BCUT2D eigenvalue weighted by molar-refractivity contribution is 7.89. The molecule has 1 aliphatic rings. The van der Waals surface area contributed by atoms with Gasteiger partial charge in [-0.25, -0.2) is 13.1 Å². The van der Waals surface area contributed by atoms with Crippen molar-refractivity contribution in [3.05, 3.63) is 29.3 Å². The molecule has 2 rings (SSSR count). The molecule has 1 fully saturated rings. The van der Waals surface area contributed by atoms with Gasteiger partial charge in [-0.1, -0.05) is 0 Å². The number of benzene rings is 1. The Kier molecular flexibility index (Phi) is 4.84. The highest BCUT2D eigenvalue weighted by Gasteiger charge is 2.29. The van der Waals surface area contributed by atoms with Crippen LogP contribution in [0.3, 0.4) is 0 Å². The summed E-state index contributed by atoms with van der Waals surface area (Å²) in [5.41, 5.74) is 0.934. The van der Waals surface area contributed by atoms with E-state index in [1.165, 1.54) is 18.2 Å². The number of carboxylic acid groups (broad SMARTS) is 1. The lowest BCUT2D eigenvalue weighted by Crippen LogP contribution is -2.38. The molecule has 0 atom stereocenters. The maximum atomic E-state index is 12.4. The van der Waals surface area contributed by atoms with E-state index < -0.39 is 16.0 Å². The van der Waals surface area contributed by atoms with Gasteiger partial charge in [0.25, 0.3) is 0 Å². The van der Waals surface area contributed by atoms with Gasteiger partial charge in [-0.3, -0.25) is 4.79 Å². The summed E-state index contributed by atoms with van der Waals surface area (Å²) >= 11 is 0. The molecule has 118 valence electrons. The molecule has 0 spiro atoms. The molecule has 0 amide bonds. The maximum Gasteiger partial charge on any atom is 0.306 e. The molecule has 0 heterocycles. The number of hydrogen-bond acceptors (Lipinski definition) is 4. The number of hydrogen-bond donors (Lipinski definition) is 2. The van der Waals surface area contributed by atoms with Crippen molar-refractivity contribution in [2.75, 3.05) is 0 Å². The number of sulfonamides is 1. The first kappa shape index (κ1) is 16.5. The van der Waals surface area contributed by atoms with E-state index in [1.807, 2.05) is 6.07 Å². The van der Waals surface area contributed by atoms with E-state index >= 15 is 0 Å². The molecule has 0 aromatic heterocycles. The molecule has 0 saturated heterocycles. The van der Waals surface area contributed by atoms with Crippen LogP contribution in [0.25, 0.3) is 0 Å². The topological polar surface area (TPSA) is 107 Å². The summed E-state index contributed by atoms with van der Waals surface area (Å²) in [6, 6.07) is 6.17. The summed E-state index contributed by atoms with van der Waals surface area (Å²) in [6.45, 7) is 1.65. The number of aliphatic carboxylic acids is 1. The van der Waals surface area contributed by atoms with E-state index in [0.717, 1.165) is 0 Å². The Hall–Kier alpha value is -1.91. The zero-order chi connectivity index (χ0) is 16.3. The van der Waals surface area contributed by atoms with Gasteiger partial charge < -0.3 is 5.11 Å². The van der Waals surface area contributed by atoms with E-state index in [-0.39, 0.29) is 16.9 Å². The van der Waals surface area contributed by atoms with Gasteiger partial charge in [0.1, 0.15) is 0 Å². The van der Waals surface area contributed by atoms with Crippen molar-refractivity contribution in [2.45, 2.75) is 43.5 Å². The fraction of sp³-hybridized carbons (Fsp3) is 0.467. The maximum absolute atomic E-state index is 12.4. The highest BCUT2D eigenvalue weighted by atomic mass is 32.2. The first-order valence-electron chi connectivity index (χ1n) is 7.09. The average molecular weight is 322 g/mol. The Morgan fingerprint density at radius 1 is 1.32 bits per heavy atom. The molecular weight excluding hydrogens is 304 g/mol. The van der Waals surface area contributed by atoms with E-state index in [2.05, 4.69) is 4.72 Å². The summed E-state index contributed by atoms with van der Waals surface area (Å²) in [7, 11) is -3.66. The fourth-order valence-electron chi connectivity index (χ4n) is 2.76. The van der Waals surface area contributed by atoms with Crippen LogP contribution >= 0.6 is 0 Å². The van der Waals surface area contributed by atoms with Gasteiger partial charge in [0, 0.05) is 6.04 Å². The fourth-order valence-corrected chi connectivity index (χ4v) is 4.29. The molecule has 22 heavy (non-hydrogen) atoms. The first-order chi connectivity index (χ1) is 10.3. The average Bonchev–Trinajstić information content (AvgIpc) is 2.46. The lowest BCUT2D eigenvalue weighted by Gasteiger charge is -2.26. The molecular formula is C15H18N2O4S. The van der Waals surface area contributed by atoms with Crippen molar-refractivity contribution in [1.29, 1.82) is 5.26 Å². The van der Waals surface area contributed by atoms with Crippen LogP contribution in [0, 0.1) is 24.2 Å². The Labute approximate surface area is 129 Å². The van der Waals surface area contributed by atoms with E-state index in [0.29, 0.717) is 36.8 Å². The van der Waals surface area contributed by atoms with Crippen LogP contribution < -0.4 is 4.72 Å². The first-order valence-corrected chi connectivity index (χ1v) is 8.57. The summed E-state index contributed by atoms with van der Waals surface area (Å²) < 4.78 is 27.5. The SMILES string of the molecule is Cc1cc(C#N)ccc1S(=O)(=O)NC1CCC(C(=O)O)CC1. The van der Waals surface area contributed by atoms with Crippen LogP contribution in [-0.4, -0.2) is 25.5 Å². The Morgan fingerprint density at radius 3 is 2.45 bits per heavy atom. The number of nitriles is 1. The second-order valence-electron chi connectivity index (χ2n) is 5.60. The standard InChI is InChI=1S/C15H18N2O4S/c1-10-8-11(9-16)2-7-14(10)22(20,21)17-13-5-3-12(4-6-13)15(18)19/h2,7-8,12-13,17H,3-6H2,1H3,(H,18,19). The third-order valence-electron chi connectivity index (χ3n) is 3.99. The lowest BCUT2D eigenvalue weighted by atomic mass is 9.87. The number of aryl methyl sites for hydroxylation is 1. The largest absolute Gasteiger partial charge is 0.481 e. The van der Waals surface area contributed by atoms with Gasteiger partial charge in [0.15, 0.2) is 0 Å². The van der Waals surface area contributed by atoms with Crippen molar-refractivity contribution in [3.8, 4) is 6.07 Å². The van der Waals surface area contributed by atoms with Crippen LogP contribution in [0.1, 0.15) is 36.8 Å². The lowest BCUT2D eigenvalue weighted by molar-refractivity contribution is -0.142. The molecule has 7 heteroatoms. The van der Waals surface area contributed by atoms with Crippen molar-refractivity contribution in [3.63, 3.8) is 0 Å². The van der Waals surface area contributed by atoms with Crippen LogP contribution in [0.5, 0.6) is 0 Å². The normalized spacial score (nSPS) is 22.0. The molecule has 1 aromatic carbocycles. The van der Waals surface area contributed by atoms with Gasteiger partial charge in [0.2, 0.25) is 10.0 Å². The van der Waals surface area contributed by atoms with Gasteiger partial charge >= 0.3 is 5.97 Å². The quantitative estimate of drug-likeness (QED) is 0.878. The zero-order valence-corrected chi connectivity index (χ0v) is 13.1. The van der Waals surface area contributed by atoms with Gasteiger partial charge in [0.05, 0.1) is 22.4 Å². The predicted octanol–water partition coefficient (Wildman–Crippen LogP) is 1.79. The van der Waals surface area contributed by atoms with Crippen LogP contribution in [-0.2, 0) is 14.8 Å². The Morgan fingerprint density at radius 2 is 1.95 bits per heavy atom. The Bertz CT molecular complexity index is 714.